The van der Waals surface area contributed by atoms with E-state index in [0.717, 1.165) is 12.0 Å². The molecule has 1 N–H and O–H groups in total. The van der Waals surface area contributed by atoms with Crippen molar-refractivity contribution in [2.45, 2.75) is 19.4 Å². The molecule has 0 bridgehead atoms. The highest BCUT2D eigenvalue weighted by molar-refractivity contribution is 7.09. The Hall–Kier alpha value is -1.03. The van der Waals surface area contributed by atoms with Crippen molar-refractivity contribution in [1.82, 2.24) is 0 Å². The van der Waals surface area contributed by atoms with Crippen LogP contribution in [-0.2, 0) is 6.42 Å². The van der Waals surface area contributed by atoms with Crippen molar-refractivity contribution in [3.05, 3.63) is 51.2 Å². The Morgan fingerprint density at radius 3 is 2.83 bits per heavy atom. The van der Waals surface area contributed by atoms with Crippen LogP contribution in [0.1, 0.15) is 23.5 Å². The summed E-state index contributed by atoms with van der Waals surface area (Å²) in [6.45, 7) is 2.32. The van der Waals surface area contributed by atoms with Gasteiger partial charge in [-0.25, -0.2) is 0 Å². The van der Waals surface area contributed by atoms with E-state index < -0.39 is 6.10 Å². The van der Waals surface area contributed by atoms with Crippen molar-refractivity contribution in [3.63, 3.8) is 0 Å². The van der Waals surface area contributed by atoms with E-state index >= 15 is 0 Å². The van der Waals surface area contributed by atoms with Gasteiger partial charge >= 0.3 is 0 Å². The minimum atomic E-state index is -0.511. The molecular formula is C14H15ClO2S. The Labute approximate surface area is 116 Å². The summed E-state index contributed by atoms with van der Waals surface area (Å²) in [7, 11) is 0. The molecule has 1 aromatic carbocycles. The lowest BCUT2D eigenvalue weighted by Gasteiger charge is -2.10. The maximum absolute atomic E-state index is 9.44. The molecule has 2 nitrogen and oxygen atoms in total. The molecule has 0 radical (unpaired) electrons. The molecule has 0 aliphatic rings. The van der Waals surface area contributed by atoms with Gasteiger partial charge in [0.15, 0.2) is 0 Å². The van der Waals surface area contributed by atoms with Crippen LogP contribution in [0.15, 0.2) is 35.7 Å². The molecule has 1 atom stereocenters. The third kappa shape index (κ3) is 3.48. The van der Waals surface area contributed by atoms with Gasteiger partial charge in [0.25, 0.3) is 0 Å². The van der Waals surface area contributed by atoms with Gasteiger partial charge in [-0.1, -0.05) is 23.7 Å². The summed E-state index contributed by atoms with van der Waals surface area (Å²) in [6.07, 6.45) is 0.370. The van der Waals surface area contributed by atoms with Crippen LogP contribution in [0.3, 0.4) is 0 Å². The van der Waals surface area contributed by atoms with Gasteiger partial charge in [-0.2, -0.15) is 0 Å². The molecule has 4 heteroatoms. The number of ether oxygens (including phenoxy) is 1. The summed E-state index contributed by atoms with van der Waals surface area (Å²) in [4.78, 5) is 1.30. The van der Waals surface area contributed by atoms with Gasteiger partial charge in [-0.05, 0) is 36.1 Å². The Bertz CT molecular complexity index is 495. The zero-order valence-corrected chi connectivity index (χ0v) is 11.7. The van der Waals surface area contributed by atoms with Gasteiger partial charge in [0.05, 0.1) is 17.7 Å². The van der Waals surface area contributed by atoms with Crippen LogP contribution in [0, 0.1) is 0 Å². The predicted octanol–water partition coefficient (Wildman–Crippen LogP) is 4.08. The molecule has 0 aliphatic heterocycles. The van der Waals surface area contributed by atoms with Crippen LogP contribution in [0.5, 0.6) is 5.75 Å². The lowest BCUT2D eigenvalue weighted by atomic mass is 10.1. The number of benzene rings is 1. The molecule has 1 heterocycles. The second-order valence-corrected chi connectivity index (χ2v) is 5.48. The van der Waals surface area contributed by atoms with E-state index in [1.165, 1.54) is 4.88 Å². The van der Waals surface area contributed by atoms with E-state index in [2.05, 4.69) is 11.4 Å². The Balaban J connectivity index is 1.93. The minimum Gasteiger partial charge on any atom is -0.492 e. The second-order valence-electron chi connectivity index (χ2n) is 4.04. The summed E-state index contributed by atoms with van der Waals surface area (Å²) >= 11 is 7.82. The normalized spacial score (nSPS) is 12.4. The van der Waals surface area contributed by atoms with Crippen LogP contribution in [0.25, 0.3) is 0 Å². The fraction of sp³-hybridized carbons (Fsp3) is 0.286. The SMILES string of the molecule is C[C@H](O)c1ccc(OCCc2cccs2)c(Cl)c1. The molecule has 1 aromatic heterocycles. The van der Waals surface area contributed by atoms with E-state index in [-0.39, 0.29) is 0 Å². The van der Waals surface area contributed by atoms with Gasteiger partial charge in [0.2, 0.25) is 0 Å². The fourth-order valence-corrected chi connectivity index (χ4v) is 2.54. The molecule has 0 saturated carbocycles. The van der Waals surface area contributed by atoms with Gasteiger partial charge in [-0.3, -0.25) is 0 Å². The highest BCUT2D eigenvalue weighted by Crippen LogP contribution is 2.28. The zero-order chi connectivity index (χ0) is 13.0. The summed E-state index contributed by atoms with van der Waals surface area (Å²) in [5, 5.41) is 12.0. The number of aliphatic hydroxyl groups is 1. The third-order valence-corrected chi connectivity index (χ3v) is 3.86. The molecule has 0 spiro atoms. The molecule has 2 aromatic rings. The quantitative estimate of drug-likeness (QED) is 0.895. The first kappa shape index (κ1) is 13.4. The third-order valence-electron chi connectivity index (χ3n) is 2.62. The topological polar surface area (TPSA) is 29.5 Å². The minimum absolute atomic E-state index is 0.511. The van der Waals surface area contributed by atoms with Crippen LogP contribution >= 0.6 is 22.9 Å². The summed E-state index contributed by atoms with van der Waals surface area (Å²) < 4.78 is 5.64. The van der Waals surface area contributed by atoms with E-state index in [1.807, 2.05) is 12.1 Å². The lowest BCUT2D eigenvalue weighted by molar-refractivity contribution is 0.199. The highest BCUT2D eigenvalue weighted by atomic mass is 35.5. The van der Waals surface area contributed by atoms with E-state index in [9.17, 15) is 5.11 Å². The van der Waals surface area contributed by atoms with Crippen molar-refractivity contribution in [3.8, 4) is 5.75 Å². The van der Waals surface area contributed by atoms with E-state index in [1.54, 1.807) is 30.4 Å². The van der Waals surface area contributed by atoms with Crippen LogP contribution in [-0.4, -0.2) is 11.7 Å². The number of thiophene rings is 1. The average Bonchev–Trinajstić information content (AvgIpc) is 2.84. The summed E-state index contributed by atoms with van der Waals surface area (Å²) in [5.41, 5.74) is 0.797. The number of rotatable bonds is 5. The molecule has 96 valence electrons. The maximum atomic E-state index is 9.44. The zero-order valence-electron chi connectivity index (χ0n) is 10.1. The van der Waals surface area contributed by atoms with Crippen LogP contribution in [0.4, 0.5) is 0 Å². The van der Waals surface area contributed by atoms with Crippen LogP contribution < -0.4 is 4.74 Å². The molecule has 0 saturated heterocycles. The number of aliphatic hydroxyl groups excluding tert-OH is 1. The van der Waals surface area contributed by atoms with Crippen molar-refractivity contribution in [2.24, 2.45) is 0 Å². The van der Waals surface area contributed by atoms with E-state index in [4.69, 9.17) is 16.3 Å². The molecule has 0 aliphatic carbocycles. The molecular weight excluding hydrogens is 268 g/mol. The number of halogens is 1. The van der Waals surface area contributed by atoms with Crippen LogP contribution in [0.2, 0.25) is 5.02 Å². The smallest absolute Gasteiger partial charge is 0.137 e. The average molecular weight is 283 g/mol. The van der Waals surface area contributed by atoms with Gasteiger partial charge in [-0.15, -0.1) is 11.3 Å². The fourth-order valence-electron chi connectivity index (χ4n) is 1.61. The van der Waals surface area contributed by atoms with Crippen molar-refractivity contribution in [1.29, 1.82) is 0 Å². The molecule has 0 fully saturated rings. The van der Waals surface area contributed by atoms with Crippen molar-refractivity contribution in [2.75, 3.05) is 6.61 Å². The first-order valence-electron chi connectivity index (χ1n) is 5.79. The molecule has 0 amide bonds. The van der Waals surface area contributed by atoms with E-state index in [0.29, 0.717) is 17.4 Å². The predicted molar refractivity (Wildman–Crippen MR) is 75.6 cm³/mol. The number of hydrogen-bond donors (Lipinski definition) is 1. The molecule has 0 unspecified atom stereocenters. The largest absolute Gasteiger partial charge is 0.492 e. The summed E-state index contributed by atoms with van der Waals surface area (Å²) in [5.74, 6) is 0.664. The van der Waals surface area contributed by atoms with Gasteiger partial charge in [0.1, 0.15) is 5.75 Å². The van der Waals surface area contributed by atoms with Crippen molar-refractivity contribution >= 4 is 22.9 Å². The standard InChI is InChI=1S/C14H15ClO2S/c1-10(16)11-4-5-14(13(15)9-11)17-7-6-12-3-2-8-18-12/h2-5,8-10,16H,6-7H2,1H3/t10-/m0/s1. The monoisotopic (exact) mass is 282 g/mol. The highest BCUT2D eigenvalue weighted by Gasteiger charge is 2.06. The molecule has 2 rings (SSSR count). The van der Waals surface area contributed by atoms with Gasteiger partial charge in [0, 0.05) is 11.3 Å². The second kappa shape index (κ2) is 6.23. The molecule has 18 heavy (non-hydrogen) atoms. The maximum Gasteiger partial charge on any atom is 0.137 e. The lowest BCUT2D eigenvalue weighted by Crippen LogP contribution is -2.01. The Morgan fingerprint density at radius 2 is 2.22 bits per heavy atom. The first-order chi connectivity index (χ1) is 8.66. The number of hydrogen-bond acceptors (Lipinski definition) is 3. The van der Waals surface area contributed by atoms with Gasteiger partial charge < -0.3 is 9.84 Å². The Kier molecular flexibility index (Phi) is 4.64. The summed E-state index contributed by atoms with van der Waals surface area (Å²) in [6, 6.07) is 9.50. The Morgan fingerprint density at radius 1 is 1.39 bits per heavy atom. The van der Waals surface area contributed by atoms with Crippen molar-refractivity contribution < 1.29 is 9.84 Å². The first-order valence-corrected chi connectivity index (χ1v) is 7.05.